The van der Waals surface area contributed by atoms with Crippen molar-refractivity contribution in [2.24, 2.45) is 0 Å². The van der Waals surface area contributed by atoms with Gasteiger partial charge < -0.3 is 14.8 Å². The number of carbonyl (C=O) groups is 1. The van der Waals surface area contributed by atoms with Crippen LogP contribution in [0.2, 0.25) is 0 Å². The maximum atomic E-state index is 12.2. The van der Waals surface area contributed by atoms with E-state index >= 15 is 0 Å². The van der Waals surface area contributed by atoms with Gasteiger partial charge in [-0.15, -0.1) is 0 Å². The van der Waals surface area contributed by atoms with Gasteiger partial charge in [-0.3, -0.25) is 4.79 Å². The van der Waals surface area contributed by atoms with Gasteiger partial charge in [0.25, 0.3) is 5.91 Å². The van der Waals surface area contributed by atoms with Gasteiger partial charge in [-0.05, 0) is 36.4 Å². The summed E-state index contributed by atoms with van der Waals surface area (Å²) in [6.45, 7) is 0. The van der Waals surface area contributed by atoms with Crippen molar-refractivity contribution in [2.75, 3.05) is 12.4 Å². The van der Waals surface area contributed by atoms with Gasteiger partial charge in [-0.2, -0.15) is 0 Å². The number of anilines is 1. The van der Waals surface area contributed by atoms with Gasteiger partial charge in [-0.25, -0.2) is 9.97 Å². The largest absolute Gasteiger partial charge is 0.481 e. The third kappa shape index (κ3) is 4.54. The van der Waals surface area contributed by atoms with Gasteiger partial charge in [0.2, 0.25) is 11.8 Å². The second-order valence-electron chi connectivity index (χ2n) is 4.98. The van der Waals surface area contributed by atoms with Crippen LogP contribution in [0.5, 0.6) is 17.5 Å². The molecule has 0 saturated heterocycles. The van der Waals surface area contributed by atoms with Gasteiger partial charge in [0.15, 0.2) is 0 Å². The lowest BCUT2D eigenvalue weighted by Crippen LogP contribution is -2.12. The minimum absolute atomic E-state index is 0.283. The van der Waals surface area contributed by atoms with E-state index in [0.29, 0.717) is 28.8 Å². The van der Waals surface area contributed by atoms with Crippen LogP contribution in [0.15, 0.2) is 65.4 Å². The third-order valence-corrected chi connectivity index (χ3v) is 3.77. The van der Waals surface area contributed by atoms with Crippen molar-refractivity contribution >= 4 is 27.5 Å². The van der Waals surface area contributed by atoms with Crippen LogP contribution in [0.25, 0.3) is 0 Å². The zero-order chi connectivity index (χ0) is 17.6. The van der Waals surface area contributed by atoms with Crippen LogP contribution in [0.1, 0.15) is 10.4 Å². The predicted molar refractivity (Wildman–Crippen MR) is 97.2 cm³/mol. The summed E-state index contributed by atoms with van der Waals surface area (Å²) in [4.78, 5) is 20.4. The number of amides is 1. The monoisotopic (exact) mass is 399 g/mol. The molecule has 3 rings (SSSR count). The normalized spacial score (nSPS) is 10.2. The Balaban J connectivity index is 1.64. The van der Waals surface area contributed by atoms with Crippen molar-refractivity contribution in [1.29, 1.82) is 0 Å². The van der Waals surface area contributed by atoms with Gasteiger partial charge in [0.1, 0.15) is 5.75 Å². The molecule has 2 aromatic heterocycles. The fraction of sp³-hybridized carbons (Fsp3) is 0.0556. The Morgan fingerprint density at radius 2 is 1.68 bits per heavy atom. The van der Waals surface area contributed by atoms with Crippen molar-refractivity contribution in [1.82, 2.24) is 9.97 Å². The third-order valence-electron chi connectivity index (χ3n) is 3.24. The SMILES string of the molecule is COc1ccc(NC(=O)c2ccc(Oc3ccc(Br)cc3)nc2)cn1. The summed E-state index contributed by atoms with van der Waals surface area (Å²) >= 11 is 3.36. The number of benzene rings is 1. The van der Waals surface area contributed by atoms with Crippen molar-refractivity contribution in [3.05, 3.63) is 71.0 Å². The van der Waals surface area contributed by atoms with Crippen LogP contribution < -0.4 is 14.8 Å². The molecule has 25 heavy (non-hydrogen) atoms. The summed E-state index contributed by atoms with van der Waals surface area (Å²) in [5.41, 5.74) is 0.986. The number of aromatic nitrogens is 2. The summed E-state index contributed by atoms with van der Waals surface area (Å²) in [7, 11) is 1.53. The van der Waals surface area contributed by atoms with Crippen molar-refractivity contribution in [3.8, 4) is 17.5 Å². The van der Waals surface area contributed by atoms with Crippen molar-refractivity contribution < 1.29 is 14.3 Å². The summed E-state index contributed by atoms with van der Waals surface area (Å²) < 4.78 is 11.6. The number of pyridine rings is 2. The molecule has 0 aliphatic rings. The fourth-order valence-corrected chi connectivity index (χ4v) is 2.24. The second kappa shape index (κ2) is 7.76. The topological polar surface area (TPSA) is 73.3 Å². The number of rotatable bonds is 5. The molecule has 0 aliphatic carbocycles. The summed E-state index contributed by atoms with van der Waals surface area (Å²) in [6, 6.07) is 14.1. The first-order valence-electron chi connectivity index (χ1n) is 7.35. The van der Waals surface area contributed by atoms with Crippen LogP contribution in [0.4, 0.5) is 5.69 Å². The number of hydrogen-bond acceptors (Lipinski definition) is 5. The van der Waals surface area contributed by atoms with E-state index in [1.165, 1.54) is 19.5 Å². The highest BCUT2D eigenvalue weighted by molar-refractivity contribution is 9.10. The van der Waals surface area contributed by atoms with Crippen LogP contribution in [-0.2, 0) is 0 Å². The molecule has 6 nitrogen and oxygen atoms in total. The van der Waals surface area contributed by atoms with Crippen LogP contribution >= 0.6 is 15.9 Å². The highest BCUT2D eigenvalue weighted by Gasteiger charge is 2.08. The molecule has 0 fully saturated rings. The molecule has 0 bridgehead atoms. The number of carbonyl (C=O) groups excluding carboxylic acids is 1. The Bertz CT molecular complexity index is 850. The van der Waals surface area contributed by atoms with Gasteiger partial charge in [0, 0.05) is 22.8 Å². The van der Waals surface area contributed by atoms with Crippen LogP contribution in [0, 0.1) is 0 Å². The Kier molecular flexibility index (Phi) is 5.25. The first kappa shape index (κ1) is 16.9. The average Bonchev–Trinajstić information content (AvgIpc) is 2.65. The zero-order valence-electron chi connectivity index (χ0n) is 13.3. The van der Waals surface area contributed by atoms with Gasteiger partial charge in [0.05, 0.1) is 24.6 Å². The average molecular weight is 400 g/mol. The minimum Gasteiger partial charge on any atom is -0.481 e. The Morgan fingerprint density at radius 1 is 0.960 bits per heavy atom. The van der Waals surface area contributed by atoms with E-state index in [4.69, 9.17) is 9.47 Å². The summed E-state index contributed by atoms with van der Waals surface area (Å²) in [6.07, 6.45) is 2.98. The molecular weight excluding hydrogens is 386 g/mol. The van der Waals surface area contributed by atoms with Gasteiger partial charge in [-0.1, -0.05) is 15.9 Å². The van der Waals surface area contributed by atoms with E-state index in [-0.39, 0.29) is 5.91 Å². The highest BCUT2D eigenvalue weighted by Crippen LogP contribution is 2.22. The lowest BCUT2D eigenvalue weighted by Gasteiger charge is -2.07. The number of ether oxygens (including phenoxy) is 2. The zero-order valence-corrected chi connectivity index (χ0v) is 14.9. The second-order valence-corrected chi connectivity index (χ2v) is 5.90. The molecule has 0 radical (unpaired) electrons. The fourth-order valence-electron chi connectivity index (χ4n) is 1.98. The predicted octanol–water partition coefficient (Wildman–Crippen LogP) is 4.29. The molecule has 7 heteroatoms. The van der Waals surface area contributed by atoms with E-state index in [0.717, 1.165) is 4.47 Å². The molecule has 0 saturated carbocycles. The molecule has 126 valence electrons. The molecule has 1 aromatic carbocycles. The standard InChI is InChI=1S/C18H14BrN3O3/c1-24-16-9-5-14(11-21-16)22-18(23)12-2-8-17(20-10-12)25-15-6-3-13(19)4-7-15/h2-11H,1H3,(H,22,23). The highest BCUT2D eigenvalue weighted by atomic mass is 79.9. The Labute approximate surface area is 153 Å². The molecule has 0 spiro atoms. The number of methoxy groups -OCH3 is 1. The van der Waals surface area contributed by atoms with Gasteiger partial charge >= 0.3 is 0 Å². The van der Waals surface area contributed by atoms with E-state index < -0.39 is 0 Å². The van der Waals surface area contributed by atoms with Crippen molar-refractivity contribution in [2.45, 2.75) is 0 Å². The number of nitrogens with one attached hydrogen (secondary N) is 1. The van der Waals surface area contributed by atoms with E-state index in [2.05, 4.69) is 31.2 Å². The molecular formula is C18H14BrN3O3. The van der Waals surface area contributed by atoms with E-state index in [1.807, 2.05) is 24.3 Å². The summed E-state index contributed by atoms with van der Waals surface area (Å²) in [5, 5.41) is 2.74. The number of nitrogens with zero attached hydrogens (tertiary/aromatic N) is 2. The lowest BCUT2D eigenvalue weighted by atomic mass is 10.2. The lowest BCUT2D eigenvalue weighted by molar-refractivity contribution is 0.102. The van der Waals surface area contributed by atoms with Crippen LogP contribution in [0.3, 0.4) is 0 Å². The summed E-state index contributed by atoms with van der Waals surface area (Å²) in [5.74, 6) is 1.27. The molecule has 2 heterocycles. The maximum Gasteiger partial charge on any atom is 0.257 e. The molecule has 1 N–H and O–H groups in total. The molecule has 1 amide bonds. The molecule has 3 aromatic rings. The van der Waals surface area contributed by atoms with Crippen LogP contribution in [-0.4, -0.2) is 23.0 Å². The Morgan fingerprint density at radius 3 is 2.28 bits per heavy atom. The molecule has 0 aliphatic heterocycles. The molecule has 0 unspecified atom stereocenters. The molecule has 0 atom stereocenters. The van der Waals surface area contributed by atoms with E-state index in [9.17, 15) is 4.79 Å². The smallest absolute Gasteiger partial charge is 0.257 e. The number of hydrogen-bond donors (Lipinski definition) is 1. The van der Waals surface area contributed by atoms with Crippen molar-refractivity contribution in [3.63, 3.8) is 0 Å². The number of halogens is 1. The first-order chi connectivity index (χ1) is 12.1. The maximum absolute atomic E-state index is 12.2. The first-order valence-corrected chi connectivity index (χ1v) is 8.14. The Hall–Kier alpha value is -2.93. The minimum atomic E-state index is -0.283. The quantitative estimate of drug-likeness (QED) is 0.692. The van der Waals surface area contributed by atoms with E-state index in [1.54, 1.807) is 24.3 Å².